The summed E-state index contributed by atoms with van der Waals surface area (Å²) in [6, 6.07) is 12.4. The third-order valence-corrected chi connectivity index (χ3v) is 10.3. The van der Waals surface area contributed by atoms with Gasteiger partial charge in [-0.25, -0.2) is 14.6 Å². The number of anilines is 2. The number of nitrogens with zero attached hydrogens (tertiary/aromatic N) is 1. The van der Waals surface area contributed by atoms with Crippen molar-refractivity contribution < 1.29 is 23.9 Å². The van der Waals surface area contributed by atoms with Crippen molar-refractivity contribution >= 4 is 72.2 Å². The van der Waals surface area contributed by atoms with Crippen molar-refractivity contribution in [3.63, 3.8) is 0 Å². The number of aromatic nitrogens is 1. The maximum absolute atomic E-state index is 11.6. The van der Waals surface area contributed by atoms with E-state index in [2.05, 4.69) is 47.8 Å². The van der Waals surface area contributed by atoms with E-state index in [0.29, 0.717) is 11.6 Å². The van der Waals surface area contributed by atoms with Gasteiger partial charge in [0.15, 0.2) is 0 Å². The van der Waals surface area contributed by atoms with Crippen molar-refractivity contribution in [1.29, 1.82) is 0 Å². The Hall–Kier alpha value is -3.54. The zero-order valence-corrected chi connectivity index (χ0v) is 29.2. The first-order valence-corrected chi connectivity index (χ1v) is 17.0. The highest BCUT2D eigenvalue weighted by atomic mass is 33.1. The van der Waals surface area contributed by atoms with Crippen molar-refractivity contribution in [1.82, 2.24) is 4.98 Å². The average molecular weight is 656 g/mol. The van der Waals surface area contributed by atoms with Crippen LogP contribution in [0.3, 0.4) is 0 Å². The van der Waals surface area contributed by atoms with Gasteiger partial charge in [-0.1, -0.05) is 58.0 Å². The molecule has 4 aromatic rings. The van der Waals surface area contributed by atoms with Crippen LogP contribution in [0.2, 0.25) is 0 Å². The van der Waals surface area contributed by atoms with Crippen LogP contribution in [-0.2, 0) is 19.1 Å². The lowest BCUT2D eigenvalue weighted by atomic mass is 10.1. The summed E-state index contributed by atoms with van der Waals surface area (Å²) >= 11 is 1.40. The minimum absolute atomic E-state index is 0.262. The molecule has 0 aliphatic heterocycles. The van der Waals surface area contributed by atoms with Gasteiger partial charge in [0.1, 0.15) is 0 Å². The molecule has 3 aromatic carbocycles. The number of fused-ring (bicyclic) bond motifs is 1. The first kappa shape index (κ1) is 36.7. The van der Waals surface area contributed by atoms with Gasteiger partial charge in [-0.3, -0.25) is 4.79 Å². The van der Waals surface area contributed by atoms with E-state index >= 15 is 0 Å². The van der Waals surface area contributed by atoms with E-state index in [1.54, 1.807) is 35.4 Å². The normalized spacial score (nSPS) is 10.3. The minimum Gasteiger partial charge on any atom is -0.461 e. The number of Topliss-reactive ketones (excluding diaryl/α,β-unsaturated/α-hetero) is 1. The molecular weight excluding hydrogens is 615 g/mol. The average Bonchev–Trinajstić information content (AvgIpc) is 3.45. The molecular formula is C33H41N3O5S3. The van der Waals surface area contributed by atoms with Gasteiger partial charge in [0, 0.05) is 28.1 Å². The van der Waals surface area contributed by atoms with Gasteiger partial charge in [0.25, 0.3) is 0 Å². The minimum atomic E-state index is -0.757. The zero-order valence-electron chi connectivity index (χ0n) is 26.7. The van der Waals surface area contributed by atoms with Crippen LogP contribution >= 0.6 is 32.9 Å². The highest BCUT2D eigenvalue weighted by Gasteiger charge is 2.15. The smallest absolute Gasteiger partial charge is 0.374 e. The summed E-state index contributed by atoms with van der Waals surface area (Å²) in [6.07, 6.45) is 0. The molecule has 4 rings (SSSR count). The number of nitrogen functional groups attached to an aromatic ring is 2. The summed E-state index contributed by atoms with van der Waals surface area (Å²) in [5, 5.41) is 0.439. The molecule has 44 heavy (non-hydrogen) atoms. The van der Waals surface area contributed by atoms with Gasteiger partial charge in [-0.15, -0.1) is 11.3 Å². The lowest BCUT2D eigenvalue weighted by Crippen LogP contribution is -2.12. The Morgan fingerprint density at radius 2 is 1.14 bits per heavy atom. The third kappa shape index (κ3) is 9.73. The molecule has 4 N–H and O–H groups in total. The number of benzene rings is 3. The quantitative estimate of drug-likeness (QED) is 0.0870. The van der Waals surface area contributed by atoms with E-state index in [1.807, 2.05) is 39.8 Å². The van der Waals surface area contributed by atoms with E-state index < -0.39 is 11.8 Å². The highest BCUT2D eigenvalue weighted by molar-refractivity contribution is 8.76. The van der Waals surface area contributed by atoms with Crippen LogP contribution in [0, 0.1) is 41.5 Å². The van der Waals surface area contributed by atoms with Crippen molar-refractivity contribution in [2.75, 3.05) is 24.7 Å². The van der Waals surface area contributed by atoms with E-state index in [1.165, 1.54) is 29.4 Å². The molecule has 8 nitrogen and oxygen atoms in total. The van der Waals surface area contributed by atoms with Crippen LogP contribution in [0.5, 0.6) is 0 Å². The number of ketones is 1. The molecule has 1 aromatic heterocycles. The lowest BCUT2D eigenvalue weighted by molar-refractivity contribution is -0.152. The van der Waals surface area contributed by atoms with E-state index in [-0.39, 0.29) is 12.6 Å². The molecule has 1 heterocycles. The summed E-state index contributed by atoms with van der Waals surface area (Å²) in [5.74, 6) is -1.64. The second kappa shape index (κ2) is 17.1. The first-order chi connectivity index (χ1) is 20.7. The molecule has 0 saturated carbocycles. The fourth-order valence-corrected chi connectivity index (χ4v) is 7.59. The van der Waals surface area contributed by atoms with E-state index in [9.17, 15) is 14.4 Å². The monoisotopic (exact) mass is 655 g/mol. The molecule has 0 saturated heterocycles. The Morgan fingerprint density at radius 1 is 0.705 bits per heavy atom. The molecule has 0 atom stereocenters. The van der Waals surface area contributed by atoms with Gasteiger partial charge in [-0.2, -0.15) is 0 Å². The van der Waals surface area contributed by atoms with Gasteiger partial charge in [0.05, 0.1) is 23.4 Å². The van der Waals surface area contributed by atoms with Gasteiger partial charge < -0.3 is 20.9 Å². The molecule has 0 radical (unpaired) electrons. The van der Waals surface area contributed by atoms with Crippen molar-refractivity contribution in [3.05, 3.63) is 74.8 Å². The molecule has 0 aliphatic carbocycles. The number of thiazole rings is 1. The van der Waals surface area contributed by atoms with E-state index in [4.69, 9.17) is 16.2 Å². The topological polar surface area (TPSA) is 135 Å². The van der Waals surface area contributed by atoms with Crippen LogP contribution in [0.1, 0.15) is 64.0 Å². The fourth-order valence-electron chi connectivity index (χ4n) is 3.69. The maximum Gasteiger partial charge on any atom is 0.374 e. The molecule has 0 fully saturated rings. The zero-order chi connectivity index (χ0) is 33.1. The second-order valence-corrected chi connectivity index (χ2v) is 13.1. The summed E-state index contributed by atoms with van der Waals surface area (Å²) < 4.78 is 10.3. The number of carbonyl (C=O) groups is 3. The predicted octanol–water partition coefficient (Wildman–Crippen LogP) is 8.11. The van der Waals surface area contributed by atoms with Crippen LogP contribution in [0.4, 0.5) is 11.4 Å². The number of aryl methyl sites for hydroxylation is 6. The molecule has 0 spiro atoms. The lowest BCUT2D eigenvalue weighted by Gasteiger charge is -2.14. The summed E-state index contributed by atoms with van der Waals surface area (Å²) in [4.78, 5) is 38.4. The van der Waals surface area contributed by atoms with Crippen LogP contribution < -0.4 is 11.5 Å². The van der Waals surface area contributed by atoms with Crippen molar-refractivity contribution in [2.45, 2.75) is 72.1 Å². The number of nitrogens with two attached hydrogens (primary N) is 2. The molecule has 0 aliphatic rings. The number of hydrogen-bond acceptors (Lipinski definition) is 11. The highest BCUT2D eigenvalue weighted by Crippen LogP contribution is 2.46. The van der Waals surface area contributed by atoms with Crippen LogP contribution in [0.15, 0.2) is 46.2 Å². The Bertz CT molecular complexity index is 1550. The number of carbonyl (C=O) groups excluding carboxylic acids is 3. The fraction of sp³-hybridized carbons (Fsp3) is 0.333. The third-order valence-electron chi connectivity index (χ3n) is 6.39. The van der Waals surface area contributed by atoms with Gasteiger partial charge >= 0.3 is 11.9 Å². The number of ether oxygens (including phenoxy) is 2. The SMILES string of the molecule is CCOC(=O)C(C)=O.CCOC(=O)c1nc2c(C)ccc(C)c2s1.Cc1ccc(C)c(SSc2c(C)ccc(C)c2N)c1N. The van der Waals surface area contributed by atoms with Gasteiger partial charge in [-0.05, 0) is 88.8 Å². The Morgan fingerprint density at radius 3 is 1.55 bits per heavy atom. The molecule has 0 bridgehead atoms. The maximum atomic E-state index is 11.6. The molecule has 0 amide bonds. The van der Waals surface area contributed by atoms with Crippen LogP contribution in [-0.4, -0.2) is 35.9 Å². The van der Waals surface area contributed by atoms with E-state index in [0.717, 1.165) is 53.6 Å². The largest absolute Gasteiger partial charge is 0.461 e. The predicted molar refractivity (Wildman–Crippen MR) is 185 cm³/mol. The molecule has 0 unspecified atom stereocenters. The standard InChI is InChI=1S/C16H20N2S2.C12H13NO2S.C5H8O3/c1-9-5-7-11(3)15(13(9)17)19-20-16-12(4)8-6-10(2)14(16)18;1-4-15-12(14)11-13-9-7(2)5-6-8(3)10(9)16-11;1-3-8-5(7)4(2)6/h5-8H,17-18H2,1-4H3;5-6H,4H2,1-3H3;3H2,1-2H3. The summed E-state index contributed by atoms with van der Waals surface area (Å²) in [6.45, 7) is 17.5. The Kier molecular flexibility index (Phi) is 14.2. The van der Waals surface area contributed by atoms with Crippen molar-refractivity contribution in [3.8, 4) is 0 Å². The summed E-state index contributed by atoms with van der Waals surface area (Å²) in [7, 11) is 3.38. The number of hydrogen-bond donors (Lipinski definition) is 2. The van der Waals surface area contributed by atoms with Gasteiger partial charge in [0.2, 0.25) is 10.8 Å². The molecule has 236 valence electrons. The Balaban J connectivity index is 0.000000251. The molecule has 11 heteroatoms. The second-order valence-electron chi connectivity index (χ2n) is 9.94. The Labute approximate surface area is 271 Å². The first-order valence-electron chi connectivity index (χ1n) is 14.0. The number of esters is 2. The number of rotatable bonds is 7. The van der Waals surface area contributed by atoms with Crippen LogP contribution in [0.25, 0.3) is 10.2 Å². The van der Waals surface area contributed by atoms with Crippen molar-refractivity contribution in [2.24, 2.45) is 0 Å². The summed E-state index contributed by atoms with van der Waals surface area (Å²) in [5.41, 5.74) is 21.9.